The van der Waals surface area contributed by atoms with Crippen LogP contribution < -0.4 is 0 Å². The van der Waals surface area contributed by atoms with Crippen molar-refractivity contribution in [2.24, 2.45) is 0 Å². The summed E-state index contributed by atoms with van der Waals surface area (Å²) >= 11 is 0. The number of alkyl halides is 1. The lowest BCUT2D eigenvalue weighted by molar-refractivity contribution is 0.0145. The van der Waals surface area contributed by atoms with E-state index in [1.807, 2.05) is 18.2 Å². The van der Waals surface area contributed by atoms with Gasteiger partial charge in [-0.1, -0.05) is 45.0 Å². The lowest BCUT2D eigenvalue weighted by Gasteiger charge is -2.25. The van der Waals surface area contributed by atoms with Crippen molar-refractivity contribution in [1.29, 1.82) is 0 Å². The molecule has 0 saturated heterocycles. The van der Waals surface area contributed by atoms with Gasteiger partial charge in [-0.2, -0.15) is 0 Å². The minimum absolute atomic E-state index is 0.0451. The average Bonchev–Trinajstić information content (AvgIpc) is 3.09. The number of rotatable bonds is 4. The maximum Gasteiger partial charge on any atom is 0.156 e. The third kappa shape index (κ3) is 3.32. The minimum Gasteiger partial charge on any atom is -0.375 e. The highest BCUT2D eigenvalue weighted by Crippen LogP contribution is 2.33. The largest absolute Gasteiger partial charge is 0.375 e. The lowest BCUT2D eigenvalue weighted by atomic mass is 9.84. The van der Waals surface area contributed by atoms with Crippen molar-refractivity contribution in [1.82, 2.24) is 0 Å². The van der Waals surface area contributed by atoms with Gasteiger partial charge in [0.05, 0.1) is 12.7 Å². The van der Waals surface area contributed by atoms with Gasteiger partial charge in [-0.25, -0.2) is 4.39 Å². The number of hydrogen-bond donors (Lipinski definition) is 0. The molecule has 0 radical (unpaired) electrons. The molecule has 0 heterocycles. The lowest BCUT2D eigenvalue weighted by Crippen LogP contribution is -2.24. The Morgan fingerprint density at radius 1 is 1.17 bits per heavy atom. The second kappa shape index (κ2) is 4.65. The molecule has 0 bridgehead atoms. The number of benzene rings is 1. The minimum atomic E-state index is -1.40. The molecule has 1 unspecified atom stereocenters. The summed E-state index contributed by atoms with van der Waals surface area (Å²) in [7, 11) is 0. The van der Waals surface area contributed by atoms with Gasteiger partial charge in [-0.3, -0.25) is 0 Å². The number of hydrogen-bond acceptors (Lipinski definition) is 1. The van der Waals surface area contributed by atoms with Crippen LogP contribution in [0.3, 0.4) is 0 Å². The molecule has 1 aliphatic carbocycles. The Balaban J connectivity index is 2.15. The van der Waals surface area contributed by atoms with Gasteiger partial charge < -0.3 is 4.74 Å². The molecule has 0 aliphatic heterocycles. The van der Waals surface area contributed by atoms with E-state index in [1.165, 1.54) is 0 Å². The molecular weight excluding hydrogens is 227 g/mol. The maximum atomic E-state index is 14.7. The SMILES string of the molecule is CC(C)(C)c1cccc(C(C)(F)COC2CC2)c1. The quantitative estimate of drug-likeness (QED) is 0.772. The van der Waals surface area contributed by atoms with Gasteiger partial charge in [0.1, 0.15) is 0 Å². The van der Waals surface area contributed by atoms with Crippen molar-refractivity contribution in [3.63, 3.8) is 0 Å². The van der Waals surface area contributed by atoms with Crippen molar-refractivity contribution in [2.45, 2.75) is 57.7 Å². The third-order valence-corrected chi connectivity index (χ3v) is 3.44. The Morgan fingerprint density at radius 2 is 1.78 bits per heavy atom. The molecule has 1 aromatic rings. The molecule has 1 nitrogen and oxygen atoms in total. The van der Waals surface area contributed by atoms with Crippen LogP contribution in [-0.2, 0) is 15.8 Å². The smallest absolute Gasteiger partial charge is 0.156 e. The highest BCUT2D eigenvalue weighted by molar-refractivity contribution is 5.32. The van der Waals surface area contributed by atoms with Crippen LogP contribution in [0, 0.1) is 0 Å². The molecule has 0 spiro atoms. The molecule has 2 heteroatoms. The summed E-state index contributed by atoms with van der Waals surface area (Å²) < 4.78 is 20.2. The van der Waals surface area contributed by atoms with Crippen molar-refractivity contribution >= 4 is 0 Å². The molecule has 2 rings (SSSR count). The molecule has 0 amide bonds. The molecule has 1 saturated carbocycles. The zero-order valence-corrected chi connectivity index (χ0v) is 11.8. The summed E-state index contributed by atoms with van der Waals surface area (Å²) in [5.74, 6) is 0. The Bertz CT molecular complexity index is 413. The maximum absolute atomic E-state index is 14.7. The van der Waals surface area contributed by atoms with Gasteiger partial charge in [0.15, 0.2) is 5.67 Å². The Hall–Kier alpha value is -0.890. The van der Waals surface area contributed by atoms with Crippen LogP contribution in [0.5, 0.6) is 0 Å². The van der Waals surface area contributed by atoms with E-state index in [4.69, 9.17) is 4.74 Å². The van der Waals surface area contributed by atoms with Crippen LogP contribution >= 0.6 is 0 Å². The van der Waals surface area contributed by atoms with Crippen LogP contribution in [0.25, 0.3) is 0 Å². The summed E-state index contributed by atoms with van der Waals surface area (Å²) in [6.45, 7) is 8.19. The Labute approximate surface area is 109 Å². The van der Waals surface area contributed by atoms with Crippen LogP contribution in [0.4, 0.5) is 4.39 Å². The molecule has 18 heavy (non-hydrogen) atoms. The van der Waals surface area contributed by atoms with Gasteiger partial charge in [0.25, 0.3) is 0 Å². The van der Waals surface area contributed by atoms with Gasteiger partial charge in [0.2, 0.25) is 0 Å². The average molecular weight is 250 g/mol. The molecular formula is C16H23FO. The Kier molecular flexibility index (Phi) is 3.50. The highest BCUT2D eigenvalue weighted by atomic mass is 19.1. The first-order valence-electron chi connectivity index (χ1n) is 6.70. The first-order chi connectivity index (χ1) is 8.29. The van der Waals surface area contributed by atoms with E-state index in [-0.39, 0.29) is 12.0 Å². The summed E-state index contributed by atoms with van der Waals surface area (Å²) in [4.78, 5) is 0. The van der Waals surface area contributed by atoms with E-state index in [1.54, 1.807) is 6.92 Å². The molecule has 0 aromatic heterocycles. The monoisotopic (exact) mass is 250 g/mol. The number of halogens is 1. The van der Waals surface area contributed by atoms with E-state index < -0.39 is 5.67 Å². The summed E-state index contributed by atoms with van der Waals surface area (Å²) in [5.41, 5.74) is 0.527. The van der Waals surface area contributed by atoms with Crippen LogP contribution in [0.1, 0.15) is 51.7 Å². The molecule has 1 aliphatic rings. The predicted molar refractivity (Wildman–Crippen MR) is 72.6 cm³/mol. The topological polar surface area (TPSA) is 9.23 Å². The van der Waals surface area contributed by atoms with E-state index in [9.17, 15) is 4.39 Å². The standard InChI is InChI=1S/C16H23FO/c1-15(2,3)12-6-5-7-13(10-12)16(4,17)11-18-14-8-9-14/h5-7,10,14H,8-9,11H2,1-4H3. The van der Waals surface area contributed by atoms with Crippen LogP contribution in [0.15, 0.2) is 24.3 Å². The van der Waals surface area contributed by atoms with Crippen LogP contribution in [0.2, 0.25) is 0 Å². The van der Waals surface area contributed by atoms with E-state index >= 15 is 0 Å². The zero-order valence-electron chi connectivity index (χ0n) is 11.8. The fraction of sp³-hybridized carbons (Fsp3) is 0.625. The fourth-order valence-corrected chi connectivity index (χ4v) is 1.90. The van der Waals surface area contributed by atoms with Gasteiger partial charge in [-0.05, 0) is 36.3 Å². The summed E-state index contributed by atoms with van der Waals surface area (Å²) in [5, 5.41) is 0. The zero-order chi connectivity index (χ0) is 13.4. The molecule has 0 N–H and O–H groups in total. The summed E-state index contributed by atoms with van der Waals surface area (Å²) in [6.07, 6.45) is 2.46. The van der Waals surface area contributed by atoms with Crippen molar-refractivity contribution in [3.05, 3.63) is 35.4 Å². The molecule has 100 valence electrons. The first-order valence-corrected chi connectivity index (χ1v) is 6.70. The van der Waals surface area contributed by atoms with E-state index in [0.717, 1.165) is 24.0 Å². The molecule has 1 fully saturated rings. The van der Waals surface area contributed by atoms with E-state index in [0.29, 0.717) is 6.10 Å². The van der Waals surface area contributed by atoms with Crippen molar-refractivity contribution < 1.29 is 9.13 Å². The van der Waals surface area contributed by atoms with Gasteiger partial charge in [0, 0.05) is 0 Å². The molecule has 1 atom stereocenters. The second-order valence-corrected chi connectivity index (χ2v) is 6.54. The normalized spacial score (nSPS) is 19.6. The Morgan fingerprint density at radius 3 is 2.33 bits per heavy atom. The number of ether oxygens (including phenoxy) is 1. The predicted octanol–water partition coefficient (Wildman–Crippen LogP) is 4.35. The van der Waals surface area contributed by atoms with Crippen LogP contribution in [-0.4, -0.2) is 12.7 Å². The highest BCUT2D eigenvalue weighted by Gasteiger charge is 2.31. The van der Waals surface area contributed by atoms with Gasteiger partial charge in [-0.15, -0.1) is 0 Å². The van der Waals surface area contributed by atoms with E-state index in [2.05, 4.69) is 26.8 Å². The van der Waals surface area contributed by atoms with Crippen molar-refractivity contribution in [2.75, 3.05) is 6.61 Å². The first kappa shape index (κ1) is 13.5. The molecule has 1 aromatic carbocycles. The third-order valence-electron chi connectivity index (χ3n) is 3.44. The fourth-order valence-electron chi connectivity index (χ4n) is 1.90. The summed E-state index contributed by atoms with van der Waals surface area (Å²) in [6, 6.07) is 7.81. The van der Waals surface area contributed by atoms with Crippen molar-refractivity contribution in [3.8, 4) is 0 Å². The van der Waals surface area contributed by atoms with Gasteiger partial charge >= 0.3 is 0 Å². The second-order valence-electron chi connectivity index (χ2n) is 6.54.